The lowest BCUT2D eigenvalue weighted by molar-refractivity contribution is -0.0855. The van der Waals surface area contributed by atoms with Gasteiger partial charge in [0, 0.05) is 24.0 Å². The highest BCUT2D eigenvalue weighted by Gasteiger charge is 2.46. The Balaban J connectivity index is 1.57. The Hall–Kier alpha value is -1.93. The smallest absolute Gasteiger partial charge is 0.280 e. The second-order valence-corrected chi connectivity index (χ2v) is 8.77. The Kier molecular flexibility index (Phi) is 6.67. The van der Waals surface area contributed by atoms with Gasteiger partial charge in [0.25, 0.3) is 5.92 Å². The Labute approximate surface area is 186 Å². The molecule has 9 heteroatoms. The molecule has 1 aliphatic heterocycles. The summed E-state index contributed by atoms with van der Waals surface area (Å²) in [7, 11) is 3.04. The van der Waals surface area contributed by atoms with Gasteiger partial charge in [-0.25, -0.2) is 18.7 Å². The quantitative estimate of drug-likeness (QED) is 0.498. The molecule has 2 aliphatic rings. The van der Waals surface area contributed by atoms with Crippen LogP contribution in [0.25, 0.3) is 10.9 Å². The topological polar surface area (TPSA) is 59.5 Å². The van der Waals surface area contributed by atoms with Crippen molar-refractivity contribution in [1.29, 1.82) is 0 Å². The number of benzene rings is 1. The van der Waals surface area contributed by atoms with Crippen molar-refractivity contribution in [3.8, 4) is 11.5 Å². The molecule has 0 bridgehead atoms. The van der Waals surface area contributed by atoms with E-state index in [1.54, 1.807) is 12.1 Å². The minimum Gasteiger partial charge on any atom is -0.493 e. The van der Waals surface area contributed by atoms with Gasteiger partial charge in [-0.3, -0.25) is 4.90 Å². The zero-order valence-electron chi connectivity index (χ0n) is 18.0. The molecular weight excluding hydrogens is 426 g/mol. The van der Waals surface area contributed by atoms with Crippen LogP contribution in [0, 0.1) is 0 Å². The molecule has 31 heavy (non-hydrogen) atoms. The first-order valence-electron chi connectivity index (χ1n) is 10.9. The van der Waals surface area contributed by atoms with Crippen molar-refractivity contribution < 1.29 is 18.3 Å². The maximum Gasteiger partial charge on any atom is 0.280 e. The van der Waals surface area contributed by atoms with Crippen LogP contribution < -0.4 is 14.8 Å². The maximum atomic E-state index is 15.2. The molecular formula is C22H29ClF2N4O2. The second kappa shape index (κ2) is 9.28. The summed E-state index contributed by atoms with van der Waals surface area (Å²) in [5.41, 5.74) is 0.499. The van der Waals surface area contributed by atoms with Gasteiger partial charge in [-0.1, -0.05) is 25.7 Å². The third kappa shape index (κ3) is 4.80. The van der Waals surface area contributed by atoms with Crippen molar-refractivity contribution in [3.63, 3.8) is 0 Å². The second-order valence-electron chi connectivity index (χ2n) is 8.43. The fourth-order valence-electron chi connectivity index (χ4n) is 4.78. The lowest BCUT2D eigenvalue weighted by Crippen LogP contribution is -2.57. The molecule has 1 aromatic heterocycles. The van der Waals surface area contributed by atoms with E-state index in [1.165, 1.54) is 27.1 Å². The van der Waals surface area contributed by atoms with Crippen LogP contribution in [0.5, 0.6) is 11.5 Å². The van der Waals surface area contributed by atoms with Crippen LogP contribution in [0.3, 0.4) is 0 Å². The van der Waals surface area contributed by atoms with Crippen molar-refractivity contribution >= 4 is 28.3 Å². The number of nitrogens with one attached hydrogen (secondary N) is 1. The van der Waals surface area contributed by atoms with Gasteiger partial charge in [-0.05, 0) is 36.9 Å². The SMILES string of the molecule is COc1cc2nc(Cl)nc(NC3CCN(C4CCCCCC4)CC3(F)F)c2cc1OC. The van der Waals surface area contributed by atoms with Crippen LogP contribution in [-0.4, -0.2) is 60.2 Å². The number of aromatic nitrogens is 2. The molecule has 2 aromatic rings. The van der Waals surface area contributed by atoms with Crippen LogP contribution in [0.2, 0.25) is 5.28 Å². The van der Waals surface area contributed by atoms with E-state index in [0.29, 0.717) is 35.4 Å². The van der Waals surface area contributed by atoms with Crippen molar-refractivity contribution in [2.75, 3.05) is 32.6 Å². The summed E-state index contributed by atoms with van der Waals surface area (Å²) in [4.78, 5) is 10.4. The summed E-state index contributed by atoms with van der Waals surface area (Å²) in [5.74, 6) is -1.65. The average molecular weight is 455 g/mol. The number of nitrogens with zero attached hydrogens (tertiary/aromatic N) is 3. The standard InChI is InChI=1S/C22H29ClF2N4O2/c1-30-17-11-15-16(12-18(17)31-2)26-21(23)28-20(15)27-19-9-10-29(13-22(19,24)25)14-7-5-3-4-6-8-14/h11-12,14,19H,3-10,13H2,1-2H3,(H,26,27,28). The Morgan fingerprint density at radius 3 is 2.35 bits per heavy atom. The normalized spacial score (nSPS) is 22.8. The van der Waals surface area contributed by atoms with Gasteiger partial charge >= 0.3 is 0 Å². The number of piperidine rings is 1. The van der Waals surface area contributed by atoms with E-state index in [-0.39, 0.29) is 23.7 Å². The summed E-state index contributed by atoms with van der Waals surface area (Å²) in [6.07, 6.45) is 7.04. The third-order valence-corrected chi connectivity index (χ3v) is 6.62. The first-order chi connectivity index (χ1) is 14.9. The van der Waals surface area contributed by atoms with E-state index in [4.69, 9.17) is 21.1 Å². The van der Waals surface area contributed by atoms with Gasteiger partial charge in [-0.2, -0.15) is 0 Å². The number of anilines is 1. The molecule has 0 radical (unpaired) electrons. The van der Waals surface area contributed by atoms with Gasteiger partial charge in [0.05, 0.1) is 32.3 Å². The van der Waals surface area contributed by atoms with Gasteiger partial charge in [0.1, 0.15) is 5.82 Å². The minimum absolute atomic E-state index is 0.0126. The van der Waals surface area contributed by atoms with Crippen LogP contribution >= 0.6 is 11.6 Å². The van der Waals surface area contributed by atoms with Crippen LogP contribution in [-0.2, 0) is 0 Å². The molecule has 0 amide bonds. The van der Waals surface area contributed by atoms with Crippen LogP contribution in [0.1, 0.15) is 44.9 Å². The van der Waals surface area contributed by atoms with Crippen molar-refractivity contribution in [1.82, 2.24) is 14.9 Å². The van der Waals surface area contributed by atoms with Gasteiger partial charge < -0.3 is 14.8 Å². The molecule has 0 spiro atoms. The largest absolute Gasteiger partial charge is 0.493 e. The molecule has 1 aromatic carbocycles. The van der Waals surface area contributed by atoms with E-state index < -0.39 is 12.0 Å². The fourth-order valence-corrected chi connectivity index (χ4v) is 4.96. The predicted octanol–water partition coefficient (Wildman–Crippen LogP) is 5.14. The summed E-state index contributed by atoms with van der Waals surface area (Å²) in [5, 5.41) is 3.52. The Bertz CT molecular complexity index is 922. The average Bonchev–Trinajstić information content (AvgIpc) is 3.03. The van der Waals surface area contributed by atoms with Gasteiger partial charge in [0.15, 0.2) is 11.5 Å². The van der Waals surface area contributed by atoms with Crippen LogP contribution in [0.15, 0.2) is 12.1 Å². The molecule has 1 atom stereocenters. The molecule has 1 aliphatic carbocycles. The highest BCUT2D eigenvalue weighted by atomic mass is 35.5. The molecule has 1 saturated heterocycles. The van der Waals surface area contributed by atoms with E-state index in [2.05, 4.69) is 15.3 Å². The number of alkyl halides is 2. The number of rotatable bonds is 5. The molecule has 4 rings (SSSR count). The Morgan fingerprint density at radius 1 is 1.03 bits per heavy atom. The third-order valence-electron chi connectivity index (χ3n) is 6.45. The number of likely N-dealkylation sites (tertiary alicyclic amines) is 1. The van der Waals surface area contributed by atoms with E-state index in [1.807, 2.05) is 4.90 Å². The number of hydrogen-bond acceptors (Lipinski definition) is 6. The van der Waals surface area contributed by atoms with Crippen LogP contribution in [0.4, 0.5) is 14.6 Å². The monoisotopic (exact) mass is 454 g/mol. The number of halogens is 3. The minimum atomic E-state index is -2.88. The van der Waals surface area contributed by atoms with Gasteiger partial charge in [-0.15, -0.1) is 0 Å². The maximum absolute atomic E-state index is 15.2. The molecule has 6 nitrogen and oxygen atoms in total. The lowest BCUT2D eigenvalue weighted by atomic mass is 9.96. The Morgan fingerprint density at radius 2 is 1.71 bits per heavy atom. The predicted molar refractivity (Wildman–Crippen MR) is 118 cm³/mol. The summed E-state index contributed by atoms with van der Waals surface area (Å²) in [6.45, 7) is 0.412. The molecule has 1 unspecified atom stereocenters. The molecule has 2 fully saturated rings. The van der Waals surface area contributed by atoms with E-state index in [0.717, 1.165) is 25.7 Å². The van der Waals surface area contributed by atoms with E-state index in [9.17, 15) is 0 Å². The first-order valence-corrected chi connectivity index (χ1v) is 11.3. The number of hydrogen-bond donors (Lipinski definition) is 1. The molecule has 1 N–H and O–H groups in total. The highest BCUT2D eigenvalue weighted by Crippen LogP contribution is 2.37. The summed E-state index contributed by atoms with van der Waals surface area (Å²) < 4.78 is 41.1. The number of methoxy groups -OCH3 is 2. The van der Waals surface area contributed by atoms with Gasteiger partial charge in [0.2, 0.25) is 5.28 Å². The zero-order chi connectivity index (χ0) is 22.0. The fraction of sp³-hybridized carbons (Fsp3) is 0.636. The van der Waals surface area contributed by atoms with Crippen molar-refractivity contribution in [2.45, 2.75) is 63.0 Å². The van der Waals surface area contributed by atoms with Crippen molar-refractivity contribution in [2.24, 2.45) is 0 Å². The first kappa shape index (κ1) is 22.3. The number of ether oxygens (including phenoxy) is 2. The molecule has 1 saturated carbocycles. The number of fused-ring (bicyclic) bond motifs is 1. The summed E-state index contributed by atoms with van der Waals surface area (Å²) >= 11 is 6.09. The highest BCUT2D eigenvalue weighted by molar-refractivity contribution is 6.28. The molecule has 170 valence electrons. The van der Waals surface area contributed by atoms with Crippen molar-refractivity contribution in [3.05, 3.63) is 17.4 Å². The lowest BCUT2D eigenvalue weighted by Gasteiger charge is -2.42. The summed E-state index contributed by atoms with van der Waals surface area (Å²) in [6, 6.07) is 2.59. The van der Waals surface area contributed by atoms with E-state index >= 15 is 8.78 Å². The molecule has 2 heterocycles. The zero-order valence-corrected chi connectivity index (χ0v) is 18.7.